The van der Waals surface area contributed by atoms with Gasteiger partial charge in [-0.2, -0.15) is 0 Å². The average Bonchev–Trinajstić information content (AvgIpc) is 3.16. The summed E-state index contributed by atoms with van der Waals surface area (Å²) in [6.07, 6.45) is 6.15. The van der Waals surface area contributed by atoms with Crippen LogP contribution in [0.2, 0.25) is 0 Å². The molecule has 4 rings (SSSR count). The van der Waals surface area contributed by atoms with Crippen molar-refractivity contribution < 1.29 is 19.0 Å². The molecule has 142 valence electrons. The molecule has 1 saturated heterocycles. The van der Waals surface area contributed by atoms with E-state index in [-0.39, 0.29) is 18.1 Å². The maximum Gasteiger partial charge on any atom is 0.255 e. The number of hydrogen-bond donors (Lipinski definition) is 1. The Balaban J connectivity index is 1.43. The molecule has 0 unspecified atom stereocenters. The van der Waals surface area contributed by atoms with E-state index in [4.69, 9.17) is 14.2 Å². The summed E-state index contributed by atoms with van der Waals surface area (Å²) in [5, 5.41) is 3.20. The number of morpholine rings is 1. The van der Waals surface area contributed by atoms with Gasteiger partial charge in [-0.1, -0.05) is 25.3 Å². The number of rotatable bonds is 5. The molecule has 0 aromatic heterocycles. The van der Waals surface area contributed by atoms with Gasteiger partial charge in [0.15, 0.2) is 11.5 Å². The predicted molar refractivity (Wildman–Crippen MR) is 97.7 cm³/mol. The van der Waals surface area contributed by atoms with Crippen LogP contribution in [-0.4, -0.2) is 57.0 Å². The molecule has 3 aliphatic rings. The Bertz CT molecular complexity index is 637. The molecule has 1 aromatic carbocycles. The van der Waals surface area contributed by atoms with Gasteiger partial charge in [0.05, 0.1) is 18.8 Å². The number of fused-ring (bicyclic) bond motifs is 1. The van der Waals surface area contributed by atoms with Crippen molar-refractivity contribution in [2.24, 2.45) is 5.41 Å². The predicted octanol–water partition coefficient (Wildman–Crippen LogP) is 2.43. The van der Waals surface area contributed by atoms with Gasteiger partial charge in [0, 0.05) is 31.6 Å². The Labute approximate surface area is 154 Å². The van der Waals surface area contributed by atoms with E-state index in [1.54, 1.807) is 6.07 Å². The van der Waals surface area contributed by atoms with E-state index in [9.17, 15) is 4.79 Å². The molecule has 1 aliphatic carbocycles. The molecule has 2 aliphatic heterocycles. The molecule has 6 heteroatoms. The number of hydrogen-bond acceptors (Lipinski definition) is 5. The van der Waals surface area contributed by atoms with Crippen LogP contribution in [0.15, 0.2) is 18.2 Å². The Kier molecular flexibility index (Phi) is 5.31. The van der Waals surface area contributed by atoms with Crippen LogP contribution < -0.4 is 14.8 Å². The first-order valence-electron chi connectivity index (χ1n) is 9.73. The second-order valence-corrected chi connectivity index (χ2v) is 7.67. The van der Waals surface area contributed by atoms with Crippen LogP contribution in [0.3, 0.4) is 0 Å². The number of nitrogens with zero attached hydrogens (tertiary/aromatic N) is 1. The van der Waals surface area contributed by atoms with Crippen molar-refractivity contribution >= 4 is 5.91 Å². The van der Waals surface area contributed by atoms with Gasteiger partial charge in [0.1, 0.15) is 0 Å². The van der Waals surface area contributed by atoms with Gasteiger partial charge in [0.2, 0.25) is 6.79 Å². The van der Waals surface area contributed by atoms with E-state index < -0.39 is 0 Å². The van der Waals surface area contributed by atoms with Crippen molar-refractivity contribution in [3.05, 3.63) is 23.8 Å². The highest BCUT2D eigenvalue weighted by atomic mass is 16.7. The normalized spacial score (nSPS) is 22.2. The molecular formula is C20H28N2O4. The minimum absolute atomic E-state index is 0.0701. The third-order valence-corrected chi connectivity index (χ3v) is 5.84. The van der Waals surface area contributed by atoms with E-state index >= 15 is 0 Å². The van der Waals surface area contributed by atoms with Crippen LogP contribution in [0.5, 0.6) is 11.5 Å². The summed E-state index contributed by atoms with van der Waals surface area (Å²) < 4.78 is 16.4. The Hall–Kier alpha value is -1.79. The van der Waals surface area contributed by atoms with Gasteiger partial charge in [-0.3, -0.25) is 9.69 Å². The Morgan fingerprint density at radius 2 is 1.92 bits per heavy atom. The summed E-state index contributed by atoms with van der Waals surface area (Å²) in [6.45, 7) is 5.56. The number of benzene rings is 1. The minimum atomic E-state index is -0.0701. The molecule has 1 aromatic rings. The van der Waals surface area contributed by atoms with Crippen molar-refractivity contribution in [1.29, 1.82) is 0 Å². The standard InChI is InChI=1S/C20H28N2O4/c23-19(16-5-4-6-17-18(16)26-15-25-17)21-13-20(7-2-1-3-8-20)14-22-9-11-24-12-10-22/h4-6H,1-3,7-15H2,(H,21,23). The van der Waals surface area contributed by atoms with Crippen molar-refractivity contribution in [2.75, 3.05) is 46.2 Å². The highest BCUT2D eigenvalue weighted by molar-refractivity contribution is 5.98. The Morgan fingerprint density at radius 1 is 1.12 bits per heavy atom. The van der Waals surface area contributed by atoms with Crippen molar-refractivity contribution in [3.63, 3.8) is 0 Å². The maximum atomic E-state index is 12.8. The van der Waals surface area contributed by atoms with Crippen LogP contribution >= 0.6 is 0 Å². The van der Waals surface area contributed by atoms with Gasteiger partial charge in [-0.05, 0) is 25.0 Å². The topological polar surface area (TPSA) is 60.0 Å². The smallest absolute Gasteiger partial charge is 0.255 e. The van der Waals surface area contributed by atoms with E-state index in [1.807, 2.05) is 12.1 Å². The molecule has 6 nitrogen and oxygen atoms in total. The summed E-state index contributed by atoms with van der Waals surface area (Å²) in [5.74, 6) is 1.15. The number of ether oxygens (including phenoxy) is 3. The SMILES string of the molecule is O=C(NCC1(CN2CCOCC2)CCCCC1)c1cccc2c1OCO2. The number of carbonyl (C=O) groups is 1. The molecule has 0 bridgehead atoms. The molecule has 2 heterocycles. The fourth-order valence-electron chi connectivity index (χ4n) is 4.40. The molecule has 2 fully saturated rings. The first-order valence-corrected chi connectivity index (χ1v) is 9.73. The van der Waals surface area contributed by atoms with Crippen molar-refractivity contribution in [2.45, 2.75) is 32.1 Å². The third kappa shape index (κ3) is 3.81. The average molecular weight is 360 g/mol. The lowest BCUT2D eigenvalue weighted by Gasteiger charge is -2.42. The van der Waals surface area contributed by atoms with Gasteiger partial charge >= 0.3 is 0 Å². The highest BCUT2D eigenvalue weighted by Gasteiger charge is 2.35. The molecule has 1 amide bonds. The zero-order chi connectivity index (χ0) is 17.8. The zero-order valence-electron chi connectivity index (χ0n) is 15.3. The zero-order valence-corrected chi connectivity index (χ0v) is 15.3. The lowest BCUT2D eigenvalue weighted by atomic mass is 9.73. The van der Waals surface area contributed by atoms with E-state index in [0.29, 0.717) is 23.6 Å². The van der Waals surface area contributed by atoms with Gasteiger partial charge in [-0.15, -0.1) is 0 Å². The third-order valence-electron chi connectivity index (χ3n) is 5.84. The van der Waals surface area contributed by atoms with Crippen LogP contribution in [0.25, 0.3) is 0 Å². The van der Waals surface area contributed by atoms with Gasteiger partial charge in [-0.25, -0.2) is 0 Å². The Morgan fingerprint density at radius 3 is 2.73 bits per heavy atom. The van der Waals surface area contributed by atoms with E-state index in [1.165, 1.54) is 32.1 Å². The summed E-state index contributed by atoms with van der Waals surface area (Å²) in [6, 6.07) is 5.48. The molecule has 0 spiro atoms. The summed E-state index contributed by atoms with van der Waals surface area (Å²) in [4.78, 5) is 15.3. The number of amides is 1. The van der Waals surface area contributed by atoms with E-state index in [2.05, 4.69) is 10.2 Å². The minimum Gasteiger partial charge on any atom is -0.454 e. The first kappa shape index (κ1) is 17.6. The summed E-state index contributed by atoms with van der Waals surface area (Å²) in [5.41, 5.74) is 0.734. The number of nitrogens with one attached hydrogen (secondary N) is 1. The number of para-hydroxylation sites is 1. The fourth-order valence-corrected chi connectivity index (χ4v) is 4.40. The summed E-state index contributed by atoms with van der Waals surface area (Å²) in [7, 11) is 0. The molecule has 26 heavy (non-hydrogen) atoms. The lowest BCUT2D eigenvalue weighted by Crippen LogP contribution is -2.49. The highest BCUT2D eigenvalue weighted by Crippen LogP contribution is 2.38. The first-order chi connectivity index (χ1) is 12.8. The second-order valence-electron chi connectivity index (χ2n) is 7.67. The molecular weight excluding hydrogens is 332 g/mol. The van der Waals surface area contributed by atoms with Crippen LogP contribution in [0.1, 0.15) is 42.5 Å². The quantitative estimate of drug-likeness (QED) is 0.874. The van der Waals surface area contributed by atoms with Crippen molar-refractivity contribution in [3.8, 4) is 11.5 Å². The van der Waals surface area contributed by atoms with Crippen LogP contribution in [0.4, 0.5) is 0 Å². The van der Waals surface area contributed by atoms with Gasteiger partial charge < -0.3 is 19.5 Å². The molecule has 0 radical (unpaired) electrons. The largest absolute Gasteiger partial charge is 0.454 e. The van der Waals surface area contributed by atoms with Crippen LogP contribution in [0, 0.1) is 5.41 Å². The summed E-state index contributed by atoms with van der Waals surface area (Å²) >= 11 is 0. The fraction of sp³-hybridized carbons (Fsp3) is 0.650. The molecule has 1 N–H and O–H groups in total. The second kappa shape index (κ2) is 7.84. The lowest BCUT2D eigenvalue weighted by molar-refractivity contribution is 0.00727. The molecule has 0 atom stereocenters. The van der Waals surface area contributed by atoms with Crippen LogP contribution in [-0.2, 0) is 4.74 Å². The monoisotopic (exact) mass is 360 g/mol. The van der Waals surface area contributed by atoms with Crippen molar-refractivity contribution in [1.82, 2.24) is 10.2 Å². The molecule has 1 saturated carbocycles. The van der Waals surface area contributed by atoms with E-state index in [0.717, 1.165) is 32.8 Å². The maximum absolute atomic E-state index is 12.8. The van der Waals surface area contributed by atoms with Gasteiger partial charge in [0.25, 0.3) is 5.91 Å². The number of carbonyl (C=O) groups excluding carboxylic acids is 1.